The summed E-state index contributed by atoms with van der Waals surface area (Å²) in [6, 6.07) is 7.59. The molecule has 3 heteroatoms. The van der Waals surface area contributed by atoms with Gasteiger partial charge in [0.2, 0.25) is 5.78 Å². The Hall–Kier alpha value is -2.03. The fourth-order valence-corrected chi connectivity index (χ4v) is 2.31. The molecule has 0 aliphatic carbocycles. The molecule has 2 heterocycles. The van der Waals surface area contributed by atoms with Crippen LogP contribution in [-0.2, 0) is 12.8 Å². The zero-order valence-corrected chi connectivity index (χ0v) is 13.5. The van der Waals surface area contributed by atoms with E-state index in [2.05, 4.69) is 23.8 Å². The minimum Gasteiger partial charge on any atom is -0.285 e. The lowest BCUT2D eigenvalue weighted by Crippen LogP contribution is -2.07. The fourth-order valence-electron chi connectivity index (χ4n) is 2.31. The van der Waals surface area contributed by atoms with E-state index in [9.17, 15) is 4.79 Å². The Morgan fingerprint density at radius 3 is 1.59 bits per heavy atom. The van der Waals surface area contributed by atoms with Gasteiger partial charge in [0, 0.05) is 12.4 Å². The van der Waals surface area contributed by atoms with Gasteiger partial charge in [-0.2, -0.15) is 0 Å². The van der Waals surface area contributed by atoms with Gasteiger partial charge >= 0.3 is 0 Å². The molecule has 0 aliphatic rings. The summed E-state index contributed by atoms with van der Waals surface area (Å²) in [7, 11) is 0. The summed E-state index contributed by atoms with van der Waals surface area (Å²) in [4.78, 5) is 21.0. The summed E-state index contributed by atoms with van der Waals surface area (Å²) >= 11 is 0. The molecule has 0 aromatic carbocycles. The quantitative estimate of drug-likeness (QED) is 0.678. The first-order valence-corrected chi connectivity index (χ1v) is 8.19. The zero-order chi connectivity index (χ0) is 15.8. The van der Waals surface area contributed by atoms with Crippen LogP contribution in [0, 0.1) is 0 Å². The maximum absolute atomic E-state index is 12.4. The number of unbranched alkanes of at least 4 members (excludes halogenated alkanes) is 2. The number of hydrogen-bond donors (Lipinski definition) is 0. The van der Waals surface area contributed by atoms with Crippen LogP contribution in [0.4, 0.5) is 0 Å². The Balaban J connectivity index is 2.04. The molecule has 22 heavy (non-hydrogen) atoms. The number of carbonyl (C=O) groups excluding carboxylic acids is 1. The zero-order valence-electron chi connectivity index (χ0n) is 13.5. The standard InChI is InChI=1S/C19H24N2O/c1-3-5-7-15-9-11-17(20-13-15)19(22)18-12-10-16(14-21-18)8-6-4-2/h9-14H,3-8H2,1-2H3. The molecule has 0 atom stereocenters. The maximum Gasteiger partial charge on any atom is 0.229 e. The highest BCUT2D eigenvalue weighted by molar-refractivity contribution is 6.06. The van der Waals surface area contributed by atoms with Crippen LogP contribution in [-0.4, -0.2) is 15.8 Å². The molecule has 116 valence electrons. The molecule has 2 aromatic heterocycles. The number of rotatable bonds is 8. The highest BCUT2D eigenvalue weighted by Crippen LogP contribution is 2.10. The molecule has 0 spiro atoms. The van der Waals surface area contributed by atoms with Crippen molar-refractivity contribution in [1.29, 1.82) is 0 Å². The van der Waals surface area contributed by atoms with Crippen molar-refractivity contribution in [1.82, 2.24) is 9.97 Å². The molecular weight excluding hydrogens is 272 g/mol. The molecule has 0 aliphatic heterocycles. The molecule has 0 fully saturated rings. The first-order valence-electron chi connectivity index (χ1n) is 8.19. The van der Waals surface area contributed by atoms with Crippen molar-refractivity contribution in [2.24, 2.45) is 0 Å². The molecule has 0 N–H and O–H groups in total. The van der Waals surface area contributed by atoms with Gasteiger partial charge < -0.3 is 0 Å². The summed E-state index contributed by atoms with van der Waals surface area (Å²) in [5.41, 5.74) is 3.30. The van der Waals surface area contributed by atoms with Crippen LogP contribution in [0.15, 0.2) is 36.7 Å². The number of hydrogen-bond acceptors (Lipinski definition) is 3. The molecule has 0 saturated carbocycles. The van der Waals surface area contributed by atoms with Crippen molar-refractivity contribution in [3.8, 4) is 0 Å². The van der Waals surface area contributed by atoms with E-state index < -0.39 is 0 Å². The smallest absolute Gasteiger partial charge is 0.229 e. The monoisotopic (exact) mass is 296 g/mol. The predicted molar refractivity (Wildman–Crippen MR) is 89.1 cm³/mol. The lowest BCUT2D eigenvalue weighted by Gasteiger charge is -2.04. The third kappa shape index (κ3) is 4.48. The lowest BCUT2D eigenvalue weighted by molar-refractivity contribution is 0.103. The predicted octanol–water partition coefficient (Wildman–Crippen LogP) is 4.39. The van der Waals surface area contributed by atoms with E-state index in [0.29, 0.717) is 11.4 Å². The van der Waals surface area contributed by atoms with Crippen LogP contribution >= 0.6 is 0 Å². The average Bonchev–Trinajstić information content (AvgIpc) is 2.58. The first kappa shape index (κ1) is 16.3. The van der Waals surface area contributed by atoms with E-state index in [1.54, 1.807) is 24.5 Å². The second-order valence-electron chi connectivity index (χ2n) is 5.64. The highest BCUT2D eigenvalue weighted by atomic mass is 16.1. The van der Waals surface area contributed by atoms with Gasteiger partial charge in [-0.25, -0.2) is 0 Å². The Morgan fingerprint density at radius 2 is 1.27 bits per heavy atom. The van der Waals surface area contributed by atoms with Crippen LogP contribution in [0.25, 0.3) is 0 Å². The van der Waals surface area contributed by atoms with E-state index in [0.717, 1.165) is 38.5 Å². The third-order valence-corrected chi connectivity index (χ3v) is 3.75. The second kappa shape index (κ2) is 8.42. The van der Waals surface area contributed by atoms with E-state index >= 15 is 0 Å². The highest BCUT2D eigenvalue weighted by Gasteiger charge is 2.11. The van der Waals surface area contributed by atoms with E-state index in [4.69, 9.17) is 0 Å². The molecule has 0 amide bonds. The number of aryl methyl sites for hydroxylation is 2. The Bertz CT molecular complexity index is 534. The Morgan fingerprint density at radius 1 is 0.818 bits per heavy atom. The van der Waals surface area contributed by atoms with Crippen molar-refractivity contribution in [2.45, 2.75) is 52.4 Å². The van der Waals surface area contributed by atoms with Gasteiger partial charge in [0.05, 0.1) is 0 Å². The largest absolute Gasteiger partial charge is 0.285 e. The van der Waals surface area contributed by atoms with E-state index in [1.165, 1.54) is 11.1 Å². The van der Waals surface area contributed by atoms with Crippen molar-refractivity contribution in [2.75, 3.05) is 0 Å². The Kier molecular flexibility index (Phi) is 6.26. The lowest BCUT2D eigenvalue weighted by atomic mass is 10.1. The normalized spacial score (nSPS) is 10.6. The van der Waals surface area contributed by atoms with Gasteiger partial charge in [0.25, 0.3) is 0 Å². The fraction of sp³-hybridized carbons (Fsp3) is 0.421. The maximum atomic E-state index is 12.4. The number of ketones is 1. The molecule has 0 radical (unpaired) electrons. The second-order valence-corrected chi connectivity index (χ2v) is 5.64. The van der Waals surface area contributed by atoms with Crippen LogP contribution in [0.3, 0.4) is 0 Å². The summed E-state index contributed by atoms with van der Waals surface area (Å²) in [5.74, 6) is -0.107. The minimum absolute atomic E-state index is 0.107. The first-order chi connectivity index (χ1) is 10.7. The van der Waals surface area contributed by atoms with Crippen LogP contribution < -0.4 is 0 Å². The summed E-state index contributed by atoms with van der Waals surface area (Å²) in [5, 5.41) is 0. The Labute approximate surface area is 132 Å². The number of carbonyl (C=O) groups is 1. The van der Waals surface area contributed by atoms with Gasteiger partial charge in [-0.05, 0) is 48.9 Å². The molecular formula is C19H24N2O. The van der Waals surface area contributed by atoms with Gasteiger partial charge in [-0.1, -0.05) is 38.8 Å². The molecule has 0 saturated heterocycles. The van der Waals surface area contributed by atoms with Crippen LogP contribution in [0.2, 0.25) is 0 Å². The number of aromatic nitrogens is 2. The van der Waals surface area contributed by atoms with Gasteiger partial charge in [-0.3, -0.25) is 14.8 Å². The van der Waals surface area contributed by atoms with Crippen molar-refractivity contribution in [3.05, 3.63) is 59.2 Å². The molecule has 3 nitrogen and oxygen atoms in total. The molecule has 0 unspecified atom stereocenters. The van der Waals surface area contributed by atoms with Crippen LogP contribution in [0.1, 0.15) is 66.8 Å². The molecule has 0 bridgehead atoms. The van der Waals surface area contributed by atoms with Gasteiger partial charge in [-0.15, -0.1) is 0 Å². The number of pyridine rings is 2. The van der Waals surface area contributed by atoms with E-state index in [-0.39, 0.29) is 5.78 Å². The van der Waals surface area contributed by atoms with E-state index in [1.807, 2.05) is 12.1 Å². The van der Waals surface area contributed by atoms with Crippen LogP contribution in [0.5, 0.6) is 0 Å². The topological polar surface area (TPSA) is 42.9 Å². The van der Waals surface area contributed by atoms with Crippen molar-refractivity contribution in [3.63, 3.8) is 0 Å². The summed E-state index contributed by atoms with van der Waals surface area (Å²) in [6.07, 6.45) is 10.3. The van der Waals surface area contributed by atoms with Crippen molar-refractivity contribution < 1.29 is 4.79 Å². The van der Waals surface area contributed by atoms with Gasteiger partial charge in [0.1, 0.15) is 11.4 Å². The average molecular weight is 296 g/mol. The van der Waals surface area contributed by atoms with Crippen molar-refractivity contribution >= 4 is 5.78 Å². The summed E-state index contributed by atoms with van der Waals surface area (Å²) < 4.78 is 0. The molecule has 2 rings (SSSR count). The SMILES string of the molecule is CCCCc1ccc(C(=O)c2ccc(CCCC)cn2)nc1. The minimum atomic E-state index is -0.107. The number of nitrogens with zero attached hydrogens (tertiary/aromatic N) is 2. The summed E-state index contributed by atoms with van der Waals surface area (Å²) in [6.45, 7) is 4.34. The third-order valence-electron chi connectivity index (χ3n) is 3.75. The van der Waals surface area contributed by atoms with Gasteiger partial charge in [0.15, 0.2) is 0 Å². The molecule has 2 aromatic rings.